The smallest absolute Gasteiger partial charge is 0.0662 e. The van der Waals surface area contributed by atoms with Crippen LogP contribution in [0.4, 0.5) is 0 Å². The Balaban J connectivity index is 2.31. The van der Waals surface area contributed by atoms with Crippen LogP contribution >= 0.6 is 23.2 Å². The standard InChI is InChI=1S/C13H13Cl2N/c14-11-5-10(6-12(15)7-11)13-4-2-1-3-9(13)8-16/h5-7,9,13H,1-4H2. The summed E-state index contributed by atoms with van der Waals surface area (Å²) in [5.41, 5.74) is 1.11. The van der Waals surface area contributed by atoms with Crippen LogP contribution in [-0.4, -0.2) is 0 Å². The van der Waals surface area contributed by atoms with Gasteiger partial charge in [-0.05, 0) is 42.5 Å². The number of nitriles is 1. The molecule has 2 unspecified atom stereocenters. The van der Waals surface area contributed by atoms with E-state index in [-0.39, 0.29) is 5.92 Å². The Morgan fingerprint density at radius 1 is 1.06 bits per heavy atom. The Hall–Kier alpha value is -0.710. The highest BCUT2D eigenvalue weighted by Crippen LogP contribution is 2.39. The molecule has 16 heavy (non-hydrogen) atoms. The quantitative estimate of drug-likeness (QED) is 0.706. The average molecular weight is 254 g/mol. The first-order valence-corrected chi connectivity index (χ1v) is 6.32. The van der Waals surface area contributed by atoms with Crippen molar-refractivity contribution in [2.24, 2.45) is 5.92 Å². The predicted octanol–water partition coefficient (Wildman–Crippen LogP) is 4.79. The van der Waals surface area contributed by atoms with Crippen LogP contribution in [0.2, 0.25) is 10.0 Å². The van der Waals surface area contributed by atoms with Gasteiger partial charge in [-0.25, -0.2) is 0 Å². The molecule has 1 nitrogen and oxygen atoms in total. The Morgan fingerprint density at radius 3 is 2.31 bits per heavy atom. The lowest BCUT2D eigenvalue weighted by atomic mass is 9.76. The minimum atomic E-state index is 0.114. The SMILES string of the molecule is N#CC1CCCCC1c1cc(Cl)cc(Cl)c1. The first-order chi connectivity index (χ1) is 7.70. The summed E-state index contributed by atoms with van der Waals surface area (Å²) in [4.78, 5) is 0. The van der Waals surface area contributed by atoms with Crippen molar-refractivity contribution in [3.63, 3.8) is 0 Å². The van der Waals surface area contributed by atoms with E-state index in [9.17, 15) is 0 Å². The minimum absolute atomic E-state index is 0.114. The number of hydrogen-bond acceptors (Lipinski definition) is 1. The van der Waals surface area contributed by atoms with Crippen molar-refractivity contribution in [1.29, 1.82) is 5.26 Å². The van der Waals surface area contributed by atoms with Gasteiger partial charge < -0.3 is 0 Å². The van der Waals surface area contributed by atoms with E-state index in [4.69, 9.17) is 28.5 Å². The maximum absolute atomic E-state index is 9.15. The van der Waals surface area contributed by atoms with Gasteiger partial charge >= 0.3 is 0 Å². The van der Waals surface area contributed by atoms with Crippen LogP contribution in [0.25, 0.3) is 0 Å². The monoisotopic (exact) mass is 253 g/mol. The van der Waals surface area contributed by atoms with E-state index in [0.717, 1.165) is 24.8 Å². The lowest BCUT2D eigenvalue weighted by molar-refractivity contribution is 0.369. The van der Waals surface area contributed by atoms with E-state index in [2.05, 4.69) is 6.07 Å². The van der Waals surface area contributed by atoms with E-state index in [0.29, 0.717) is 16.0 Å². The first-order valence-electron chi connectivity index (χ1n) is 5.56. The molecule has 1 aliphatic rings. The van der Waals surface area contributed by atoms with Gasteiger partial charge in [-0.3, -0.25) is 0 Å². The fourth-order valence-corrected chi connectivity index (χ4v) is 3.02. The molecule has 0 aliphatic heterocycles. The van der Waals surface area contributed by atoms with Crippen molar-refractivity contribution in [3.8, 4) is 6.07 Å². The highest BCUT2D eigenvalue weighted by Gasteiger charge is 2.26. The van der Waals surface area contributed by atoms with Crippen LogP contribution in [-0.2, 0) is 0 Å². The molecule has 0 aromatic heterocycles. The van der Waals surface area contributed by atoms with Gasteiger partial charge in [0.25, 0.3) is 0 Å². The highest BCUT2D eigenvalue weighted by molar-refractivity contribution is 6.34. The van der Waals surface area contributed by atoms with Gasteiger partial charge in [0.15, 0.2) is 0 Å². The van der Waals surface area contributed by atoms with Crippen molar-refractivity contribution in [3.05, 3.63) is 33.8 Å². The second kappa shape index (κ2) is 5.08. The summed E-state index contributed by atoms with van der Waals surface area (Å²) in [6.45, 7) is 0. The Bertz CT molecular complexity index is 402. The molecule has 0 heterocycles. The van der Waals surface area contributed by atoms with Crippen molar-refractivity contribution in [2.45, 2.75) is 31.6 Å². The first kappa shape index (κ1) is 11.8. The number of halogens is 2. The zero-order valence-electron chi connectivity index (χ0n) is 8.92. The molecule has 2 atom stereocenters. The van der Waals surface area contributed by atoms with Gasteiger partial charge in [-0.1, -0.05) is 36.0 Å². The van der Waals surface area contributed by atoms with Crippen molar-refractivity contribution in [1.82, 2.24) is 0 Å². The van der Waals surface area contributed by atoms with Gasteiger partial charge in [0.2, 0.25) is 0 Å². The maximum atomic E-state index is 9.15. The molecule has 1 aromatic rings. The fourth-order valence-electron chi connectivity index (χ4n) is 2.47. The zero-order valence-corrected chi connectivity index (χ0v) is 10.4. The fraction of sp³-hybridized carbons (Fsp3) is 0.462. The topological polar surface area (TPSA) is 23.8 Å². The lowest BCUT2D eigenvalue weighted by Crippen LogP contribution is -2.16. The molecular weight excluding hydrogens is 241 g/mol. The summed E-state index contributed by atoms with van der Waals surface area (Å²) < 4.78 is 0. The summed E-state index contributed by atoms with van der Waals surface area (Å²) in [5, 5.41) is 10.5. The number of rotatable bonds is 1. The summed E-state index contributed by atoms with van der Waals surface area (Å²) in [6, 6.07) is 8.01. The molecule has 0 amide bonds. The molecule has 1 fully saturated rings. The molecule has 3 heteroatoms. The van der Waals surface area contributed by atoms with Crippen LogP contribution < -0.4 is 0 Å². The van der Waals surface area contributed by atoms with Crippen LogP contribution in [0, 0.1) is 17.2 Å². The molecule has 0 saturated heterocycles. The molecule has 1 saturated carbocycles. The molecule has 0 bridgehead atoms. The molecule has 1 aliphatic carbocycles. The van der Waals surface area contributed by atoms with E-state index >= 15 is 0 Å². The van der Waals surface area contributed by atoms with Crippen LogP contribution in [0.3, 0.4) is 0 Å². The average Bonchev–Trinajstić information content (AvgIpc) is 2.27. The highest BCUT2D eigenvalue weighted by atomic mass is 35.5. The summed E-state index contributed by atoms with van der Waals surface area (Å²) >= 11 is 12.0. The van der Waals surface area contributed by atoms with Gasteiger partial charge in [0.1, 0.15) is 0 Å². The van der Waals surface area contributed by atoms with Gasteiger partial charge in [-0.2, -0.15) is 5.26 Å². The Kier molecular flexibility index (Phi) is 3.74. The third kappa shape index (κ3) is 2.51. The molecule has 1 aromatic carbocycles. The normalized spacial score (nSPS) is 25.1. The summed E-state index contributed by atoms with van der Waals surface area (Å²) in [6.07, 6.45) is 4.40. The van der Waals surface area contributed by atoms with Crippen LogP contribution in [0.15, 0.2) is 18.2 Å². The largest absolute Gasteiger partial charge is 0.198 e. The summed E-state index contributed by atoms with van der Waals surface area (Å²) in [5.74, 6) is 0.415. The molecule has 0 radical (unpaired) electrons. The third-order valence-electron chi connectivity index (χ3n) is 3.24. The lowest BCUT2D eigenvalue weighted by Gasteiger charge is -2.27. The zero-order chi connectivity index (χ0) is 11.5. The van der Waals surface area contributed by atoms with Crippen LogP contribution in [0.1, 0.15) is 37.2 Å². The molecule has 0 N–H and O–H groups in total. The molecule has 0 spiro atoms. The molecular formula is C13H13Cl2N. The molecule has 2 rings (SSSR count). The number of hydrogen-bond donors (Lipinski definition) is 0. The van der Waals surface area contributed by atoms with E-state index in [1.807, 2.05) is 12.1 Å². The third-order valence-corrected chi connectivity index (χ3v) is 3.68. The van der Waals surface area contributed by atoms with E-state index in [1.165, 1.54) is 6.42 Å². The minimum Gasteiger partial charge on any atom is -0.198 e. The summed E-state index contributed by atoms with van der Waals surface area (Å²) in [7, 11) is 0. The van der Waals surface area contributed by atoms with Crippen molar-refractivity contribution >= 4 is 23.2 Å². The van der Waals surface area contributed by atoms with Crippen LogP contribution in [0.5, 0.6) is 0 Å². The second-order valence-electron chi connectivity index (χ2n) is 4.33. The Morgan fingerprint density at radius 2 is 1.69 bits per heavy atom. The predicted molar refractivity (Wildman–Crippen MR) is 66.8 cm³/mol. The van der Waals surface area contributed by atoms with E-state index in [1.54, 1.807) is 6.07 Å². The second-order valence-corrected chi connectivity index (χ2v) is 5.20. The van der Waals surface area contributed by atoms with Gasteiger partial charge in [0, 0.05) is 10.0 Å². The van der Waals surface area contributed by atoms with E-state index < -0.39 is 0 Å². The number of nitrogens with zero attached hydrogens (tertiary/aromatic N) is 1. The molecule has 84 valence electrons. The van der Waals surface area contributed by atoms with Gasteiger partial charge in [0.05, 0.1) is 12.0 Å². The Labute approximate surface area is 106 Å². The van der Waals surface area contributed by atoms with Gasteiger partial charge in [-0.15, -0.1) is 0 Å². The van der Waals surface area contributed by atoms with Crippen molar-refractivity contribution < 1.29 is 0 Å². The number of benzene rings is 1. The van der Waals surface area contributed by atoms with Crippen molar-refractivity contribution in [2.75, 3.05) is 0 Å². The maximum Gasteiger partial charge on any atom is 0.0662 e.